The zero-order valence-electron chi connectivity index (χ0n) is 12.8. The molecule has 2 aromatic carbocycles. The van der Waals surface area contributed by atoms with Crippen LogP contribution >= 0.6 is 15.9 Å². The molecule has 2 aromatic rings. The zero-order chi connectivity index (χ0) is 16.8. The summed E-state index contributed by atoms with van der Waals surface area (Å²) in [5, 5.41) is 14.0. The number of nitrogens with one attached hydrogen (secondary N) is 1. The number of phenolic OH excluding ortho intramolecular Hbond substituents is 1. The van der Waals surface area contributed by atoms with E-state index in [4.69, 9.17) is 4.74 Å². The average Bonchev–Trinajstić information content (AvgIpc) is 2.52. The molecular formula is C17H17BrN2O3. The van der Waals surface area contributed by atoms with Crippen LogP contribution in [0, 0.1) is 6.92 Å². The number of carbonyl (C=O) groups excluding carboxylic acids is 1. The molecule has 0 saturated carbocycles. The summed E-state index contributed by atoms with van der Waals surface area (Å²) in [6.45, 7) is 4.12. The Morgan fingerprint density at radius 3 is 2.83 bits per heavy atom. The Morgan fingerprint density at radius 1 is 1.39 bits per heavy atom. The van der Waals surface area contributed by atoms with Crippen LogP contribution in [0.3, 0.4) is 0 Å². The van der Waals surface area contributed by atoms with Crippen LogP contribution in [0.1, 0.15) is 28.4 Å². The number of hydrogen-bond donors (Lipinski definition) is 2. The second-order valence-corrected chi connectivity index (χ2v) is 5.70. The Labute approximate surface area is 143 Å². The number of benzene rings is 2. The fourth-order valence-corrected chi connectivity index (χ4v) is 2.46. The predicted octanol–water partition coefficient (Wildman–Crippen LogP) is 3.63. The summed E-state index contributed by atoms with van der Waals surface area (Å²) in [4.78, 5) is 12.1. The maximum Gasteiger partial charge on any atom is 0.271 e. The second-order valence-electron chi connectivity index (χ2n) is 4.79. The third kappa shape index (κ3) is 4.32. The number of carbonyl (C=O) groups is 1. The van der Waals surface area contributed by atoms with Gasteiger partial charge in [0, 0.05) is 15.6 Å². The molecular weight excluding hydrogens is 360 g/mol. The van der Waals surface area contributed by atoms with Gasteiger partial charge < -0.3 is 9.84 Å². The molecule has 0 bridgehead atoms. The topological polar surface area (TPSA) is 70.9 Å². The van der Waals surface area contributed by atoms with Crippen molar-refractivity contribution in [3.8, 4) is 11.5 Å². The molecule has 0 atom stereocenters. The van der Waals surface area contributed by atoms with E-state index in [9.17, 15) is 9.90 Å². The molecule has 0 aromatic heterocycles. The van der Waals surface area contributed by atoms with E-state index in [-0.39, 0.29) is 11.7 Å². The van der Waals surface area contributed by atoms with Crippen LogP contribution in [-0.4, -0.2) is 23.8 Å². The molecule has 0 fully saturated rings. The lowest BCUT2D eigenvalue weighted by atomic mass is 10.1. The van der Waals surface area contributed by atoms with E-state index in [1.807, 2.05) is 26.0 Å². The first-order valence-corrected chi connectivity index (χ1v) is 7.86. The number of nitrogens with zero attached hydrogens (tertiary/aromatic N) is 1. The fraction of sp³-hybridized carbons (Fsp3) is 0.176. The lowest BCUT2D eigenvalue weighted by Crippen LogP contribution is -2.18. The van der Waals surface area contributed by atoms with Crippen LogP contribution in [-0.2, 0) is 0 Å². The van der Waals surface area contributed by atoms with Crippen molar-refractivity contribution in [2.45, 2.75) is 13.8 Å². The maximum atomic E-state index is 12.1. The molecule has 0 heterocycles. The van der Waals surface area contributed by atoms with E-state index in [0.29, 0.717) is 23.5 Å². The van der Waals surface area contributed by atoms with Gasteiger partial charge in [-0.15, -0.1) is 0 Å². The van der Waals surface area contributed by atoms with Gasteiger partial charge in [0.25, 0.3) is 5.91 Å². The number of hydrogen-bond acceptors (Lipinski definition) is 4. The lowest BCUT2D eigenvalue weighted by Gasteiger charge is -2.08. The molecule has 2 rings (SSSR count). The highest BCUT2D eigenvalue weighted by atomic mass is 79.9. The molecule has 0 spiro atoms. The molecule has 0 radical (unpaired) electrons. The highest BCUT2D eigenvalue weighted by molar-refractivity contribution is 9.10. The minimum atomic E-state index is -0.307. The quantitative estimate of drug-likeness (QED) is 0.618. The fourth-order valence-electron chi connectivity index (χ4n) is 2.01. The van der Waals surface area contributed by atoms with Gasteiger partial charge in [0.15, 0.2) is 11.5 Å². The highest BCUT2D eigenvalue weighted by Gasteiger charge is 2.10. The highest BCUT2D eigenvalue weighted by Crippen LogP contribution is 2.32. The van der Waals surface area contributed by atoms with E-state index in [0.717, 1.165) is 10.0 Å². The number of ether oxygens (including phenoxy) is 1. The van der Waals surface area contributed by atoms with Crippen LogP contribution in [0.15, 0.2) is 46.0 Å². The van der Waals surface area contributed by atoms with E-state index in [1.54, 1.807) is 24.3 Å². The van der Waals surface area contributed by atoms with Crippen LogP contribution in [0.4, 0.5) is 0 Å². The molecule has 0 unspecified atom stereocenters. The minimum Gasteiger partial charge on any atom is -0.504 e. The summed E-state index contributed by atoms with van der Waals surface area (Å²) in [5.74, 6) is 0.0244. The van der Waals surface area contributed by atoms with Crippen molar-refractivity contribution < 1.29 is 14.6 Å². The monoisotopic (exact) mass is 376 g/mol. The van der Waals surface area contributed by atoms with Crippen molar-refractivity contribution in [1.82, 2.24) is 5.43 Å². The molecule has 5 nitrogen and oxygen atoms in total. The Hall–Kier alpha value is -2.34. The van der Waals surface area contributed by atoms with Gasteiger partial charge in [0.1, 0.15) is 0 Å². The van der Waals surface area contributed by atoms with E-state index in [1.165, 1.54) is 6.21 Å². The Balaban J connectivity index is 2.15. The normalized spacial score (nSPS) is 10.7. The first-order valence-electron chi connectivity index (χ1n) is 7.07. The molecule has 0 aliphatic carbocycles. The summed E-state index contributed by atoms with van der Waals surface area (Å²) in [7, 11) is 0. The first kappa shape index (κ1) is 17.0. The third-order valence-corrected chi connectivity index (χ3v) is 3.59. The first-order chi connectivity index (χ1) is 11.0. The Kier molecular flexibility index (Phi) is 5.76. The van der Waals surface area contributed by atoms with Crippen molar-refractivity contribution in [3.63, 3.8) is 0 Å². The van der Waals surface area contributed by atoms with Crippen molar-refractivity contribution in [1.29, 1.82) is 0 Å². The molecule has 23 heavy (non-hydrogen) atoms. The largest absolute Gasteiger partial charge is 0.504 e. The lowest BCUT2D eigenvalue weighted by molar-refractivity contribution is 0.0954. The number of phenols is 1. The molecule has 1 amide bonds. The number of amides is 1. The van der Waals surface area contributed by atoms with Gasteiger partial charge in [-0.05, 0) is 37.6 Å². The van der Waals surface area contributed by atoms with Gasteiger partial charge in [-0.25, -0.2) is 5.43 Å². The summed E-state index contributed by atoms with van der Waals surface area (Å²) in [6, 6.07) is 10.6. The number of aryl methyl sites for hydroxylation is 1. The van der Waals surface area contributed by atoms with Crippen LogP contribution in [0.2, 0.25) is 0 Å². The number of aromatic hydroxyl groups is 1. The van der Waals surface area contributed by atoms with Crippen molar-refractivity contribution in [2.75, 3.05) is 6.61 Å². The van der Waals surface area contributed by atoms with Gasteiger partial charge in [-0.1, -0.05) is 34.1 Å². The molecule has 2 N–H and O–H groups in total. The Bertz CT molecular complexity index is 745. The predicted molar refractivity (Wildman–Crippen MR) is 93.2 cm³/mol. The zero-order valence-corrected chi connectivity index (χ0v) is 14.4. The molecule has 120 valence electrons. The van der Waals surface area contributed by atoms with Gasteiger partial charge >= 0.3 is 0 Å². The summed E-state index contributed by atoms with van der Waals surface area (Å²) in [5.41, 5.74) is 4.31. The van der Waals surface area contributed by atoms with Gasteiger partial charge in [0.05, 0.1) is 12.8 Å². The van der Waals surface area contributed by atoms with Crippen LogP contribution < -0.4 is 10.2 Å². The van der Waals surface area contributed by atoms with E-state index >= 15 is 0 Å². The number of halogens is 1. The van der Waals surface area contributed by atoms with Gasteiger partial charge in [-0.3, -0.25) is 4.79 Å². The number of hydrazone groups is 1. The average molecular weight is 377 g/mol. The molecule has 0 aliphatic heterocycles. The maximum absolute atomic E-state index is 12.1. The van der Waals surface area contributed by atoms with Crippen LogP contribution in [0.5, 0.6) is 11.5 Å². The summed E-state index contributed by atoms with van der Waals surface area (Å²) < 4.78 is 6.08. The smallest absolute Gasteiger partial charge is 0.271 e. The molecule has 0 saturated heterocycles. The van der Waals surface area contributed by atoms with Gasteiger partial charge in [-0.2, -0.15) is 5.10 Å². The van der Waals surface area contributed by atoms with E-state index in [2.05, 4.69) is 26.5 Å². The molecule has 6 heteroatoms. The Morgan fingerprint density at radius 2 is 2.13 bits per heavy atom. The third-order valence-electron chi connectivity index (χ3n) is 3.13. The van der Waals surface area contributed by atoms with Crippen molar-refractivity contribution in [2.24, 2.45) is 5.10 Å². The van der Waals surface area contributed by atoms with Gasteiger partial charge in [0.2, 0.25) is 0 Å². The number of rotatable bonds is 5. The van der Waals surface area contributed by atoms with Crippen molar-refractivity contribution in [3.05, 3.63) is 57.6 Å². The summed E-state index contributed by atoms with van der Waals surface area (Å²) >= 11 is 3.34. The second kappa shape index (κ2) is 7.78. The van der Waals surface area contributed by atoms with E-state index < -0.39 is 0 Å². The molecule has 0 aliphatic rings. The summed E-state index contributed by atoms with van der Waals surface area (Å²) in [6.07, 6.45) is 1.37. The minimum absolute atomic E-state index is 0.0241. The standard InChI is InChI=1S/C17H17BrN2O3/c1-3-23-15-9-13(18)8-12(16(15)21)10-19-20-17(22)14-7-5-4-6-11(14)2/h4-10,21H,3H2,1-2H3,(H,20,22). The van der Waals surface area contributed by atoms with Crippen molar-refractivity contribution >= 4 is 28.1 Å². The van der Waals surface area contributed by atoms with Crippen LogP contribution in [0.25, 0.3) is 0 Å². The SMILES string of the molecule is CCOc1cc(Br)cc(C=NNC(=O)c2ccccc2C)c1O.